The molecule has 2 aliphatic heterocycles. The van der Waals surface area contributed by atoms with Gasteiger partial charge in [-0.3, -0.25) is 9.69 Å². The number of guanidine groups is 1. The van der Waals surface area contributed by atoms with E-state index in [0.29, 0.717) is 30.8 Å². The molecule has 0 aliphatic carbocycles. The summed E-state index contributed by atoms with van der Waals surface area (Å²) >= 11 is 0. The van der Waals surface area contributed by atoms with E-state index in [4.69, 9.17) is 25.3 Å². The molecule has 1 spiro atoms. The highest BCUT2D eigenvalue weighted by Gasteiger charge is 2.53. The lowest BCUT2D eigenvalue weighted by molar-refractivity contribution is -0.132. The fraction of sp³-hybridized carbons (Fsp3) is 0.412. The van der Waals surface area contributed by atoms with Gasteiger partial charge in [0.25, 0.3) is 5.91 Å². The number of ether oxygens (including phenoxy) is 2. The molecular formula is C34H46BN3O5. The van der Waals surface area contributed by atoms with Crippen LogP contribution in [0.5, 0.6) is 5.75 Å². The number of carbonyl (C=O) groups is 1. The van der Waals surface area contributed by atoms with E-state index in [2.05, 4.69) is 44.0 Å². The Morgan fingerprint density at radius 2 is 1.56 bits per heavy atom. The summed E-state index contributed by atoms with van der Waals surface area (Å²) in [6.45, 7) is 15.2. The van der Waals surface area contributed by atoms with E-state index in [-0.39, 0.29) is 18.0 Å². The molecule has 2 unspecified atom stereocenters. The first-order valence-corrected chi connectivity index (χ1v) is 15.0. The van der Waals surface area contributed by atoms with E-state index in [1.54, 1.807) is 19.2 Å². The first kappa shape index (κ1) is 33.8. The van der Waals surface area contributed by atoms with Crippen LogP contribution in [0.2, 0.25) is 0 Å². The van der Waals surface area contributed by atoms with Gasteiger partial charge in [0.15, 0.2) is 11.5 Å². The van der Waals surface area contributed by atoms with Gasteiger partial charge in [-0.15, -0.1) is 0 Å². The van der Waals surface area contributed by atoms with Gasteiger partial charge < -0.3 is 25.3 Å². The summed E-state index contributed by atoms with van der Waals surface area (Å²) in [6.07, 6.45) is 1.08. The molecule has 0 saturated carbocycles. The van der Waals surface area contributed by atoms with Crippen molar-refractivity contribution in [1.29, 1.82) is 0 Å². The van der Waals surface area contributed by atoms with Gasteiger partial charge in [-0.1, -0.05) is 85.5 Å². The quantitative estimate of drug-likeness (QED) is 0.288. The maximum atomic E-state index is 13.3. The van der Waals surface area contributed by atoms with E-state index < -0.39 is 12.7 Å². The first-order valence-electron chi connectivity index (χ1n) is 15.0. The third-order valence-corrected chi connectivity index (χ3v) is 7.30. The van der Waals surface area contributed by atoms with Gasteiger partial charge in [-0.25, -0.2) is 4.99 Å². The molecule has 1 amide bonds. The molecule has 3 aromatic rings. The molecule has 230 valence electrons. The second kappa shape index (κ2) is 14.7. The Hall–Kier alpha value is -3.66. The van der Waals surface area contributed by atoms with Crippen molar-refractivity contribution in [2.24, 2.45) is 10.7 Å². The van der Waals surface area contributed by atoms with Crippen molar-refractivity contribution in [3.8, 4) is 16.9 Å². The second-order valence-electron chi connectivity index (χ2n) is 11.1. The van der Waals surface area contributed by atoms with Gasteiger partial charge in [0.1, 0.15) is 11.9 Å². The minimum Gasteiger partial charge on any atom is -0.488 e. The number of hydrogen-bond acceptors (Lipinski definition) is 7. The Balaban J connectivity index is 0.000000327. The molecule has 8 nitrogen and oxygen atoms in total. The maximum absolute atomic E-state index is 13.3. The summed E-state index contributed by atoms with van der Waals surface area (Å²) < 4.78 is 11.9. The lowest BCUT2D eigenvalue weighted by atomic mass is 9.79. The van der Waals surface area contributed by atoms with E-state index in [1.807, 2.05) is 52.0 Å². The van der Waals surface area contributed by atoms with Crippen LogP contribution in [0.25, 0.3) is 11.1 Å². The number of rotatable bonds is 6. The van der Waals surface area contributed by atoms with Crippen LogP contribution in [0, 0.1) is 27.7 Å². The lowest BCUT2D eigenvalue weighted by Gasteiger charge is -2.36. The molecule has 0 bridgehead atoms. The van der Waals surface area contributed by atoms with Gasteiger partial charge in [0.05, 0.1) is 6.61 Å². The molecular weight excluding hydrogens is 541 g/mol. The number of amides is 1. The number of fused-ring (bicyclic) bond motifs is 2. The monoisotopic (exact) mass is 587 g/mol. The molecule has 0 aromatic heterocycles. The number of hydrogen-bond donors (Lipinski definition) is 3. The number of nitrogens with zero attached hydrogens (tertiary/aromatic N) is 2. The highest BCUT2D eigenvalue weighted by atomic mass is 16.5. The van der Waals surface area contributed by atoms with Crippen molar-refractivity contribution in [2.45, 2.75) is 73.0 Å². The molecule has 0 saturated heterocycles. The van der Waals surface area contributed by atoms with Crippen molar-refractivity contribution in [3.05, 3.63) is 82.4 Å². The first-order chi connectivity index (χ1) is 20.4. The van der Waals surface area contributed by atoms with Crippen LogP contribution >= 0.6 is 0 Å². The Morgan fingerprint density at radius 1 is 0.977 bits per heavy atom. The van der Waals surface area contributed by atoms with Crippen molar-refractivity contribution in [3.63, 3.8) is 0 Å². The van der Waals surface area contributed by atoms with Crippen molar-refractivity contribution in [2.75, 3.05) is 20.3 Å². The van der Waals surface area contributed by atoms with Gasteiger partial charge in [-0.05, 0) is 62.8 Å². The van der Waals surface area contributed by atoms with E-state index in [1.165, 1.54) is 16.0 Å². The number of nitrogens with two attached hydrogens (primary N) is 1. The Labute approximate surface area is 256 Å². The minimum atomic E-state index is -1.35. The van der Waals surface area contributed by atoms with Crippen LogP contribution in [0.3, 0.4) is 0 Å². The highest BCUT2D eigenvalue weighted by molar-refractivity contribution is 6.58. The number of carbonyl (C=O) groups excluding carboxylic acids is 1. The molecule has 43 heavy (non-hydrogen) atoms. The van der Waals surface area contributed by atoms with Crippen LogP contribution in [-0.2, 0) is 15.1 Å². The van der Waals surface area contributed by atoms with Crippen LogP contribution in [0.4, 0.5) is 0 Å². The van der Waals surface area contributed by atoms with Gasteiger partial charge in [0, 0.05) is 25.6 Å². The summed E-state index contributed by atoms with van der Waals surface area (Å²) in [5.74, 6) is 0.778. The van der Waals surface area contributed by atoms with E-state index in [0.717, 1.165) is 34.2 Å². The third kappa shape index (κ3) is 7.85. The molecule has 2 heterocycles. The molecule has 9 heteroatoms. The normalized spacial score (nSPS) is 18.6. The van der Waals surface area contributed by atoms with Crippen molar-refractivity contribution in [1.82, 2.24) is 4.90 Å². The fourth-order valence-electron chi connectivity index (χ4n) is 5.56. The zero-order valence-electron chi connectivity index (χ0n) is 26.8. The topological polar surface area (TPSA) is 118 Å². The predicted molar refractivity (Wildman–Crippen MR) is 175 cm³/mol. The largest absolute Gasteiger partial charge is 0.488 e. The SMILES string of the molecule is CC.CCCOCC1CC2(N=C(N)N(C)C2=O)c2cc(-c3cc(C)cc(C)c3)ccc2O1.Cc1cc(C)cc(B(O)O)c1. The smallest absolute Gasteiger partial charge is 0.488 e. The minimum absolute atomic E-state index is 0.123. The second-order valence-corrected chi connectivity index (χ2v) is 11.1. The molecule has 0 radical (unpaired) electrons. The number of likely N-dealkylation sites (N-methyl/N-ethyl adjacent to an activating group) is 1. The number of benzene rings is 3. The van der Waals surface area contributed by atoms with E-state index >= 15 is 0 Å². The maximum Gasteiger partial charge on any atom is 0.488 e. The summed E-state index contributed by atoms with van der Waals surface area (Å²) in [7, 11) is 0.315. The summed E-state index contributed by atoms with van der Waals surface area (Å²) in [6, 6.07) is 18.0. The fourth-order valence-corrected chi connectivity index (χ4v) is 5.56. The molecule has 5 rings (SSSR count). The summed E-state index contributed by atoms with van der Waals surface area (Å²) in [5.41, 5.74) is 13.0. The third-order valence-electron chi connectivity index (χ3n) is 7.30. The lowest BCUT2D eigenvalue weighted by Crippen LogP contribution is -2.46. The summed E-state index contributed by atoms with van der Waals surface area (Å²) in [4.78, 5) is 19.4. The van der Waals surface area contributed by atoms with Crippen LogP contribution in [-0.4, -0.2) is 60.3 Å². The highest BCUT2D eigenvalue weighted by Crippen LogP contribution is 2.47. The molecule has 3 aromatic carbocycles. The van der Waals surface area contributed by atoms with Gasteiger partial charge in [0.2, 0.25) is 0 Å². The predicted octanol–water partition coefficient (Wildman–Crippen LogP) is 4.54. The van der Waals surface area contributed by atoms with Crippen LogP contribution < -0.4 is 15.9 Å². The number of aryl methyl sites for hydroxylation is 4. The average molecular weight is 588 g/mol. The van der Waals surface area contributed by atoms with E-state index in [9.17, 15) is 4.79 Å². The van der Waals surface area contributed by atoms with Crippen molar-refractivity contribution >= 4 is 24.4 Å². The Morgan fingerprint density at radius 3 is 2.07 bits per heavy atom. The molecule has 0 fully saturated rings. The molecule has 4 N–H and O–H groups in total. The zero-order valence-corrected chi connectivity index (χ0v) is 26.8. The molecule has 2 atom stereocenters. The number of aliphatic imine (C=N–C) groups is 1. The van der Waals surface area contributed by atoms with Gasteiger partial charge >= 0.3 is 7.12 Å². The van der Waals surface area contributed by atoms with Crippen LogP contribution in [0.15, 0.2) is 59.6 Å². The standard InChI is InChI=1S/C24H29N3O3.C8H11BO2.C2H6/c1-5-8-29-14-19-13-24(22(28)27(4)23(25)26-24)20-12-17(6-7-21(20)30-19)18-10-15(2)9-16(3)11-18;1-6-3-7(2)5-8(4-6)9(10)11;1-2/h6-7,9-12,19H,5,8,13-14H2,1-4H3,(H2,25,26);3-5,10-11H,1-2H3;1-2H3. The van der Waals surface area contributed by atoms with Gasteiger partial charge in [-0.2, -0.15) is 0 Å². The Kier molecular flexibility index (Phi) is 11.6. The van der Waals surface area contributed by atoms with Crippen molar-refractivity contribution < 1.29 is 24.3 Å². The summed E-state index contributed by atoms with van der Waals surface area (Å²) in [5, 5.41) is 17.7. The molecule has 2 aliphatic rings. The average Bonchev–Trinajstić information content (AvgIpc) is 3.17. The zero-order chi connectivity index (χ0) is 31.9. The van der Waals surface area contributed by atoms with Crippen LogP contribution in [0.1, 0.15) is 61.4 Å². The Bertz CT molecular complexity index is 1420.